The van der Waals surface area contributed by atoms with Gasteiger partial charge in [-0.05, 0) is 48.2 Å². The second-order valence-corrected chi connectivity index (χ2v) is 8.76. The van der Waals surface area contributed by atoms with E-state index in [4.69, 9.17) is 21.1 Å². The van der Waals surface area contributed by atoms with Crippen LogP contribution in [-0.2, 0) is 16.1 Å². The number of hydrogen-bond acceptors (Lipinski definition) is 4. The zero-order chi connectivity index (χ0) is 23.2. The highest BCUT2D eigenvalue weighted by Crippen LogP contribution is 2.34. The first kappa shape index (κ1) is 23.4. The molecule has 4 rings (SSSR count). The molecule has 1 N–H and O–H groups in total. The number of hydrogen-bond donors (Lipinski definition) is 1. The summed E-state index contributed by atoms with van der Waals surface area (Å²) < 4.78 is 24.5. The van der Waals surface area contributed by atoms with Crippen LogP contribution in [0.5, 0.6) is 11.5 Å². The van der Waals surface area contributed by atoms with Gasteiger partial charge in [-0.15, -0.1) is 11.6 Å². The molecular formula is C25H28ClFN2O4. The Hall–Kier alpha value is -2.80. The number of nitrogens with one attached hydrogen (secondary N) is 1. The number of ether oxygens (including phenoxy) is 2. The molecule has 33 heavy (non-hydrogen) atoms. The van der Waals surface area contributed by atoms with Gasteiger partial charge >= 0.3 is 0 Å². The third-order valence-electron chi connectivity index (χ3n) is 6.17. The lowest BCUT2D eigenvalue weighted by molar-refractivity contribution is -0.140. The molecule has 0 aromatic heterocycles. The van der Waals surface area contributed by atoms with Crippen LogP contribution in [0, 0.1) is 5.82 Å². The van der Waals surface area contributed by atoms with Crippen molar-refractivity contribution < 1.29 is 23.5 Å². The Morgan fingerprint density at radius 3 is 2.42 bits per heavy atom. The fourth-order valence-corrected chi connectivity index (χ4v) is 4.61. The molecule has 1 saturated carbocycles. The molecule has 1 aliphatic carbocycles. The highest BCUT2D eigenvalue weighted by Gasteiger charge is 2.33. The minimum Gasteiger partial charge on any atom is -0.454 e. The molecule has 1 fully saturated rings. The summed E-state index contributed by atoms with van der Waals surface area (Å²) in [4.78, 5) is 28.0. The number of halogens is 2. The molecule has 2 aromatic carbocycles. The predicted molar refractivity (Wildman–Crippen MR) is 123 cm³/mol. The van der Waals surface area contributed by atoms with E-state index >= 15 is 0 Å². The van der Waals surface area contributed by atoms with Gasteiger partial charge in [-0.2, -0.15) is 0 Å². The molecule has 1 aliphatic heterocycles. The summed E-state index contributed by atoms with van der Waals surface area (Å²) in [7, 11) is 0. The molecule has 0 unspecified atom stereocenters. The van der Waals surface area contributed by atoms with Gasteiger partial charge in [0.25, 0.3) is 0 Å². The molecule has 8 heteroatoms. The molecule has 0 spiro atoms. The van der Waals surface area contributed by atoms with Crippen molar-refractivity contribution in [2.45, 2.75) is 57.2 Å². The van der Waals surface area contributed by atoms with Crippen LogP contribution in [0.2, 0.25) is 0 Å². The van der Waals surface area contributed by atoms with E-state index in [2.05, 4.69) is 5.32 Å². The van der Waals surface area contributed by atoms with Crippen molar-refractivity contribution in [3.63, 3.8) is 0 Å². The summed E-state index contributed by atoms with van der Waals surface area (Å²) in [5.74, 6) is -0.138. The Bertz CT molecular complexity index is 977. The first-order valence-corrected chi connectivity index (χ1v) is 11.9. The zero-order valence-electron chi connectivity index (χ0n) is 18.4. The summed E-state index contributed by atoms with van der Waals surface area (Å²) in [6.45, 7) is 0.285. The molecule has 1 heterocycles. The van der Waals surface area contributed by atoms with E-state index < -0.39 is 11.9 Å². The number of benzene rings is 2. The molecule has 2 aromatic rings. The summed E-state index contributed by atoms with van der Waals surface area (Å²) in [5.41, 5.74) is 1.30. The first-order valence-electron chi connectivity index (χ1n) is 11.3. The summed E-state index contributed by atoms with van der Waals surface area (Å²) in [5, 5.41) is 3.14. The van der Waals surface area contributed by atoms with Gasteiger partial charge < -0.3 is 19.7 Å². The number of nitrogens with zero attached hydrogens (tertiary/aromatic N) is 1. The molecule has 0 saturated heterocycles. The lowest BCUT2D eigenvalue weighted by Gasteiger charge is -2.32. The van der Waals surface area contributed by atoms with E-state index in [0.717, 1.165) is 44.1 Å². The second kappa shape index (κ2) is 10.9. The van der Waals surface area contributed by atoms with E-state index in [9.17, 15) is 14.0 Å². The van der Waals surface area contributed by atoms with Gasteiger partial charge in [0.15, 0.2) is 11.5 Å². The molecule has 0 radical (unpaired) electrons. The van der Waals surface area contributed by atoms with Crippen LogP contribution < -0.4 is 14.8 Å². The van der Waals surface area contributed by atoms with Crippen molar-refractivity contribution in [2.24, 2.45) is 0 Å². The van der Waals surface area contributed by atoms with Crippen LogP contribution >= 0.6 is 11.6 Å². The van der Waals surface area contributed by atoms with Gasteiger partial charge in [0.1, 0.15) is 17.7 Å². The average Bonchev–Trinajstić information content (AvgIpc) is 3.14. The van der Waals surface area contributed by atoms with Gasteiger partial charge in [-0.3, -0.25) is 9.59 Å². The molecule has 6 nitrogen and oxygen atoms in total. The van der Waals surface area contributed by atoms with Crippen LogP contribution in [0.4, 0.5) is 4.39 Å². The Labute approximate surface area is 198 Å². The lowest BCUT2D eigenvalue weighted by Crippen LogP contribution is -2.46. The third-order valence-corrected chi connectivity index (χ3v) is 6.40. The number of rotatable bonds is 7. The van der Waals surface area contributed by atoms with E-state index in [0.29, 0.717) is 17.1 Å². The van der Waals surface area contributed by atoms with Crippen molar-refractivity contribution in [2.75, 3.05) is 12.7 Å². The van der Waals surface area contributed by atoms with Gasteiger partial charge in [0.05, 0.1) is 0 Å². The Morgan fingerprint density at radius 1 is 1.03 bits per heavy atom. The van der Waals surface area contributed by atoms with E-state index in [1.165, 1.54) is 17.0 Å². The standard InChI is InChI=1S/C25H28ClFN2O4/c26-14-23(30)29(15-17-7-12-21-22(13-17)33-16-32-21)24(18-8-10-19(27)11-9-18)25(31)28-20-5-3-1-2-4-6-20/h7-13,20,24H,1-6,14-16H2,(H,28,31)/t24-/m0/s1. The van der Waals surface area contributed by atoms with Gasteiger partial charge in [-0.1, -0.05) is 43.9 Å². The van der Waals surface area contributed by atoms with Crippen molar-refractivity contribution >= 4 is 23.4 Å². The highest BCUT2D eigenvalue weighted by atomic mass is 35.5. The third kappa shape index (κ3) is 5.77. The van der Waals surface area contributed by atoms with Crippen LogP contribution in [0.25, 0.3) is 0 Å². The number of carbonyl (C=O) groups is 2. The number of carbonyl (C=O) groups excluding carboxylic acids is 2. The first-order chi connectivity index (χ1) is 16.0. The van der Waals surface area contributed by atoms with Gasteiger partial charge in [0, 0.05) is 12.6 Å². The fourth-order valence-electron chi connectivity index (χ4n) is 4.46. The van der Waals surface area contributed by atoms with Crippen LogP contribution in [-0.4, -0.2) is 35.4 Å². The zero-order valence-corrected chi connectivity index (χ0v) is 19.2. The minimum atomic E-state index is -0.939. The lowest BCUT2D eigenvalue weighted by atomic mass is 10.0. The predicted octanol–water partition coefficient (Wildman–Crippen LogP) is 4.70. The SMILES string of the molecule is O=C(NC1CCCCCC1)[C@H](c1ccc(F)cc1)N(Cc1ccc2c(c1)OCO2)C(=O)CCl. The van der Waals surface area contributed by atoms with Crippen LogP contribution in [0.15, 0.2) is 42.5 Å². The maximum atomic E-state index is 13.6. The molecule has 2 aliphatic rings. The minimum absolute atomic E-state index is 0.0569. The van der Waals surface area contributed by atoms with Crippen molar-refractivity contribution in [3.8, 4) is 11.5 Å². The second-order valence-electron chi connectivity index (χ2n) is 8.49. The number of amides is 2. The normalized spacial score (nSPS) is 16.7. The Kier molecular flexibility index (Phi) is 7.70. The maximum absolute atomic E-state index is 13.6. The summed E-state index contributed by atoms with van der Waals surface area (Å²) >= 11 is 5.95. The van der Waals surface area contributed by atoms with Crippen LogP contribution in [0.1, 0.15) is 55.7 Å². The molecule has 1 atom stereocenters. The maximum Gasteiger partial charge on any atom is 0.247 e. The van der Waals surface area contributed by atoms with Gasteiger partial charge in [-0.25, -0.2) is 4.39 Å². The van der Waals surface area contributed by atoms with Crippen molar-refractivity contribution in [1.82, 2.24) is 10.2 Å². The van der Waals surface area contributed by atoms with Crippen LogP contribution in [0.3, 0.4) is 0 Å². The van der Waals surface area contributed by atoms with Crippen molar-refractivity contribution in [1.29, 1.82) is 0 Å². The molecule has 2 amide bonds. The van der Waals surface area contributed by atoms with E-state index in [1.54, 1.807) is 24.3 Å². The highest BCUT2D eigenvalue weighted by molar-refractivity contribution is 6.27. The monoisotopic (exact) mass is 474 g/mol. The largest absolute Gasteiger partial charge is 0.454 e. The Morgan fingerprint density at radius 2 is 1.73 bits per heavy atom. The van der Waals surface area contributed by atoms with E-state index in [-0.39, 0.29) is 37.1 Å². The van der Waals surface area contributed by atoms with Crippen molar-refractivity contribution in [3.05, 3.63) is 59.4 Å². The number of fused-ring (bicyclic) bond motifs is 1. The Balaban J connectivity index is 1.64. The summed E-state index contributed by atoms with van der Waals surface area (Å²) in [6.07, 6.45) is 6.27. The molecule has 176 valence electrons. The molecule has 0 bridgehead atoms. The number of alkyl halides is 1. The topological polar surface area (TPSA) is 67.9 Å². The molecular weight excluding hydrogens is 447 g/mol. The van der Waals surface area contributed by atoms with Gasteiger partial charge in [0.2, 0.25) is 18.6 Å². The average molecular weight is 475 g/mol. The van der Waals surface area contributed by atoms with E-state index in [1.807, 2.05) is 6.07 Å². The smallest absolute Gasteiger partial charge is 0.247 e. The summed E-state index contributed by atoms with van der Waals surface area (Å²) in [6, 6.07) is 10.2. The fraction of sp³-hybridized carbons (Fsp3) is 0.440. The quantitative estimate of drug-likeness (QED) is 0.466.